The van der Waals surface area contributed by atoms with Gasteiger partial charge in [-0.25, -0.2) is 4.98 Å². The van der Waals surface area contributed by atoms with E-state index in [1.165, 1.54) is 17.8 Å². The second-order valence-electron chi connectivity index (χ2n) is 5.08. The summed E-state index contributed by atoms with van der Waals surface area (Å²) in [5.74, 6) is 0. The first-order valence-electron chi connectivity index (χ1n) is 6.31. The molecule has 2 aromatic rings. The van der Waals surface area contributed by atoms with E-state index in [0.717, 1.165) is 24.2 Å². The van der Waals surface area contributed by atoms with Crippen LogP contribution in [-0.4, -0.2) is 23.6 Å². The molecule has 0 amide bonds. The Hall–Kier alpha value is -1.26. The van der Waals surface area contributed by atoms with Gasteiger partial charge in [0.1, 0.15) is 0 Å². The van der Waals surface area contributed by atoms with Crippen LogP contribution in [0.15, 0.2) is 29.9 Å². The van der Waals surface area contributed by atoms with Crippen LogP contribution in [0.4, 0.5) is 0 Å². The monoisotopic (exact) mass is 259 g/mol. The summed E-state index contributed by atoms with van der Waals surface area (Å²) in [4.78, 5) is 8.88. The van der Waals surface area contributed by atoms with E-state index >= 15 is 0 Å². The highest BCUT2D eigenvalue weighted by Gasteiger charge is 2.42. The Kier molecular flexibility index (Phi) is 3.14. The van der Waals surface area contributed by atoms with Crippen LogP contribution in [0.2, 0.25) is 0 Å². The number of nitrogens with one attached hydrogen (secondary N) is 1. The summed E-state index contributed by atoms with van der Waals surface area (Å²) in [7, 11) is 2.03. The summed E-state index contributed by atoms with van der Waals surface area (Å²) >= 11 is 1.77. The van der Waals surface area contributed by atoms with Crippen LogP contribution in [-0.2, 0) is 6.42 Å². The Labute approximate surface area is 111 Å². The lowest BCUT2D eigenvalue weighted by molar-refractivity contribution is 0.477. The normalized spacial score (nSPS) is 16.7. The minimum atomic E-state index is 0.485. The van der Waals surface area contributed by atoms with E-state index in [0.29, 0.717) is 5.41 Å². The van der Waals surface area contributed by atoms with Gasteiger partial charge in [0.25, 0.3) is 0 Å². The lowest BCUT2D eigenvalue weighted by Crippen LogP contribution is -2.21. The van der Waals surface area contributed by atoms with E-state index in [1.807, 2.05) is 19.3 Å². The van der Waals surface area contributed by atoms with Crippen LogP contribution in [0.1, 0.15) is 17.8 Å². The van der Waals surface area contributed by atoms with Gasteiger partial charge in [-0.1, -0.05) is 0 Å². The molecule has 1 aliphatic carbocycles. The number of nitrogens with zero attached hydrogens (tertiary/aromatic N) is 2. The highest BCUT2D eigenvalue weighted by Crippen LogP contribution is 2.48. The molecule has 0 bridgehead atoms. The van der Waals surface area contributed by atoms with Gasteiger partial charge in [-0.05, 0) is 37.4 Å². The predicted molar refractivity (Wildman–Crippen MR) is 74.6 cm³/mol. The van der Waals surface area contributed by atoms with Gasteiger partial charge in [0.05, 0.1) is 10.7 Å². The molecule has 0 unspecified atom stereocenters. The fourth-order valence-corrected chi connectivity index (χ4v) is 3.30. The summed E-state index contributed by atoms with van der Waals surface area (Å²) in [6, 6.07) is 4.02. The Morgan fingerprint density at radius 3 is 3.00 bits per heavy atom. The first-order chi connectivity index (χ1) is 8.81. The van der Waals surface area contributed by atoms with Gasteiger partial charge in [-0.15, -0.1) is 11.3 Å². The van der Waals surface area contributed by atoms with Crippen molar-refractivity contribution in [1.82, 2.24) is 15.3 Å². The molecule has 0 aliphatic heterocycles. The molecule has 0 aromatic carbocycles. The summed E-state index contributed by atoms with van der Waals surface area (Å²) in [5.41, 5.74) is 2.65. The zero-order valence-corrected chi connectivity index (χ0v) is 11.3. The standard InChI is InChI=1S/C14H17N3S/c1-15-10-14(4-5-14)7-13-17-12(9-18-13)11-3-2-6-16-8-11/h2-3,6,8-9,15H,4-5,7,10H2,1H3. The number of aromatic nitrogens is 2. The van der Waals surface area contributed by atoms with Crippen LogP contribution in [0, 0.1) is 5.41 Å². The molecule has 1 fully saturated rings. The number of hydrogen-bond acceptors (Lipinski definition) is 4. The zero-order chi connectivity index (χ0) is 12.4. The summed E-state index contributed by atoms with van der Waals surface area (Å²) in [6.45, 7) is 1.11. The SMILES string of the molecule is CNCC1(Cc2nc(-c3cccnc3)cs2)CC1. The highest BCUT2D eigenvalue weighted by molar-refractivity contribution is 7.09. The maximum Gasteiger partial charge on any atom is 0.0938 e. The van der Waals surface area contributed by atoms with Gasteiger partial charge in [-0.2, -0.15) is 0 Å². The number of thiazole rings is 1. The van der Waals surface area contributed by atoms with Crippen LogP contribution < -0.4 is 5.32 Å². The third kappa shape index (κ3) is 2.44. The number of pyridine rings is 1. The predicted octanol–water partition coefficient (Wildman–Crippen LogP) is 2.75. The maximum atomic E-state index is 4.74. The Balaban J connectivity index is 1.74. The molecule has 4 heteroatoms. The van der Waals surface area contributed by atoms with Crippen molar-refractivity contribution in [2.75, 3.05) is 13.6 Å². The van der Waals surface area contributed by atoms with Gasteiger partial charge in [0.15, 0.2) is 0 Å². The molecule has 3 rings (SSSR count). The van der Waals surface area contributed by atoms with E-state index in [1.54, 1.807) is 17.5 Å². The van der Waals surface area contributed by atoms with Crippen molar-refractivity contribution in [3.63, 3.8) is 0 Å². The largest absolute Gasteiger partial charge is 0.319 e. The van der Waals surface area contributed by atoms with E-state index in [2.05, 4.69) is 21.7 Å². The topological polar surface area (TPSA) is 37.8 Å². The molecule has 2 aromatic heterocycles. The number of hydrogen-bond donors (Lipinski definition) is 1. The third-order valence-corrected chi connectivity index (χ3v) is 4.39. The Bertz CT molecular complexity index is 517. The smallest absolute Gasteiger partial charge is 0.0938 e. The lowest BCUT2D eigenvalue weighted by Gasteiger charge is -2.11. The fraction of sp³-hybridized carbons (Fsp3) is 0.429. The van der Waals surface area contributed by atoms with E-state index in [4.69, 9.17) is 4.98 Å². The molecule has 0 radical (unpaired) electrons. The second kappa shape index (κ2) is 4.78. The fourth-order valence-electron chi connectivity index (χ4n) is 2.33. The summed E-state index contributed by atoms with van der Waals surface area (Å²) in [5, 5.41) is 6.69. The second-order valence-corrected chi connectivity index (χ2v) is 6.02. The quantitative estimate of drug-likeness (QED) is 0.897. The minimum Gasteiger partial charge on any atom is -0.319 e. The van der Waals surface area contributed by atoms with E-state index in [-0.39, 0.29) is 0 Å². The first kappa shape index (κ1) is 11.8. The van der Waals surface area contributed by atoms with Crippen LogP contribution in [0.3, 0.4) is 0 Å². The van der Waals surface area contributed by atoms with Gasteiger partial charge in [0.2, 0.25) is 0 Å². The molecule has 18 heavy (non-hydrogen) atoms. The van der Waals surface area contributed by atoms with Crippen LogP contribution >= 0.6 is 11.3 Å². The third-order valence-electron chi connectivity index (χ3n) is 3.54. The molecule has 2 heterocycles. The van der Waals surface area contributed by atoms with Crippen molar-refractivity contribution in [1.29, 1.82) is 0 Å². The summed E-state index contributed by atoms with van der Waals surface area (Å²) in [6.07, 6.45) is 7.44. The Morgan fingerprint density at radius 1 is 1.44 bits per heavy atom. The molecule has 94 valence electrons. The van der Waals surface area contributed by atoms with Gasteiger partial charge in [-0.3, -0.25) is 4.98 Å². The van der Waals surface area contributed by atoms with Crippen molar-refractivity contribution in [3.8, 4) is 11.3 Å². The average Bonchev–Trinajstić information content (AvgIpc) is 2.99. The molecular weight excluding hydrogens is 242 g/mol. The van der Waals surface area contributed by atoms with Crippen molar-refractivity contribution >= 4 is 11.3 Å². The van der Waals surface area contributed by atoms with Crippen LogP contribution in [0.5, 0.6) is 0 Å². The molecule has 1 N–H and O–H groups in total. The minimum absolute atomic E-state index is 0.485. The van der Waals surface area contributed by atoms with Crippen molar-refractivity contribution < 1.29 is 0 Å². The first-order valence-corrected chi connectivity index (χ1v) is 7.19. The molecular formula is C14H17N3S. The molecule has 0 spiro atoms. The molecule has 3 nitrogen and oxygen atoms in total. The van der Waals surface area contributed by atoms with Gasteiger partial charge < -0.3 is 5.32 Å². The van der Waals surface area contributed by atoms with Crippen molar-refractivity contribution in [2.45, 2.75) is 19.3 Å². The summed E-state index contributed by atoms with van der Waals surface area (Å²) < 4.78 is 0. The van der Waals surface area contributed by atoms with E-state index in [9.17, 15) is 0 Å². The number of rotatable bonds is 5. The van der Waals surface area contributed by atoms with Crippen molar-refractivity contribution in [2.24, 2.45) is 5.41 Å². The zero-order valence-electron chi connectivity index (χ0n) is 10.5. The highest BCUT2D eigenvalue weighted by atomic mass is 32.1. The van der Waals surface area contributed by atoms with Crippen molar-refractivity contribution in [3.05, 3.63) is 34.9 Å². The maximum absolute atomic E-state index is 4.74. The van der Waals surface area contributed by atoms with Gasteiger partial charge >= 0.3 is 0 Å². The molecule has 1 aliphatic rings. The molecule has 1 saturated carbocycles. The average molecular weight is 259 g/mol. The van der Waals surface area contributed by atoms with E-state index < -0.39 is 0 Å². The lowest BCUT2D eigenvalue weighted by atomic mass is 10.0. The van der Waals surface area contributed by atoms with Gasteiger partial charge in [0, 0.05) is 36.3 Å². The van der Waals surface area contributed by atoms with Crippen LogP contribution in [0.25, 0.3) is 11.3 Å². The molecule has 0 saturated heterocycles. The molecule has 0 atom stereocenters. The Morgan fingerprint density at radius 2 is 2.33 bits per heavy atom.